The molecule has 5 nitrogen and oxygen atoms in total. The maximum Gasteiger partial charge on any atom is 0.407 e. The van der Waals surface area contributed by atoms with E-state index < -0.39 is 55.7 Å². The van der Waals surface area contributed by atoms with Crippen molar-refractivity contribution in [3.8, 4) is 0 Å². The Labute approximate surface area is 190 Å². The number of alkyl halides is 2. The molecule has 1 aliphatic heterocycles. The second kappa shape index (κ2) is 9.54. The Hall–Kier alpha value is -2.52. The summed E-state index contributed by atoms with van der Waals surface area (Å²) in [5, 5.41) is 11.1. The van der Waals surface area contributed by atoms with Crippen molar-refractivity contribution in [1.82, 2.24) is 5.32 Å². The molecular formula is C22H23ClF3NO4Si. The molecule has 0 bridgehead atoms. The van der Waals surface area contributed by atoms with Crippen molar-refractivity contribution < 1.29 is 32.6 Å². The first-order valence-electron chi connectivity index (χ1n) is 10.2. The second-order valence-corrected chi connectivity index (χ2v) is 10.9. The van der Waals surface area contributed by atoms with Crippen molar-refractivity contribution in [3.63, 3.8) is 0 Å². The van der Waals surface area contributed by atoms with Gasteiger partial charge in [-0.25, -0.2) is 9.18 Å². The van der Waals surface area contributed by atoms with Gasteiger partial charge in [-0.1, -0.05) is 55.6 Å². The van der Waals surface area contributed by atoms with Gasteiger partial charge in [0.25, 0.3) is 0 Å². The second-order valence-electron chi connectivity index (χ2n) is 7.94. The topological polar surface area (TPSA) is 75.6 Å². The summed E-state index contributed by atoms with van der Waals surface area (Å²) in [7, 11) is -1.19. The number of unbranched alkanes of at least 4 members (excludes halogenated alkanes) is 1. The molecule has 1 saturated heterocycles. The maximum atomic E-state index is 15.4. The van der Waals surface area contributed by atoms with Crippen LogP contribution in [0, 0.1) is 5.82 Å². The minimum Gasteiger partial charge on any atom is -0.481 e. The van der Waals surface area contributed by atoms with Gasteiger partial charge in [-0.3, -0.25) is 4.79 Å². The van der Waals surface area contributed by atoms with E-state index in [1.54, 1.807) is 0 Å². The molecule has 0 aliphatic carbocycles. The van der Waals surface area contributed by atoms with Crippen molar-refractivity contribution in [2.24, 2.45) is 0 Å². The Kier molecular flexibility index (Phi) is 7.19. The Balaban J connectivity index is 1.84. The summed E-state index contributed by atoms with van der Waals surface area (Å²) >= 11 is 5.85. The summed E-state index contributed by atoms with van der Waals surface area (Å²) in [6, 6.07) is 9.35. The fourth-order valence-electron chi connectivity index (χ4n) is 3.76. The van der Waals surface area contributed by atoms with Crippen molar-refractivity contribution >= 4 is 33.2 Å². The predicted octanol–water partition coefficient (Wildman–Crippen LogP) is 4.98. The molecule has 2 aromatic rings. The van der Waals surface area contributed by atoms with Gasteiger partial charge in [0.15, 0.2) is 6.10 Å². The zero-order chi connectivity index (χ0) is 23.5. The lowest BCUT2D eigenvalue weighted by Crippen LogP contribution is -2.36. The van der Waals surface area contributed by atoms with Gasteiger partial charge in [-0.15, -0.1) is 0 Å². The average molecular weight is 486 g/mol. The van der Waals surface area contributed by atoms with Gasteiger partial charge in [0.05, 0.1) is 14.6 Å². The number of hydrogen-bond acceptors (Lipinski definition) is 3. The molecule has 0 spiro atoms. The number of carbonyl (C=O) groups is 2. The van der Waals surface area contributed by atoms with E-state index in [0.717, 1.165) is 30.7 Å². The van der Waals surface area contributed by atoms with E-state index in [2.05, 4.69) is 5.32 Å². The molecule has 3 atom stereocenters. The zero-order valence-electron chi connectivity index (χ0n) is 17.3. The van der Waals surface area contributed by atoms with Gasteiger partial charge in [0.2, 0.25) is 0 Å². The summed E-state index contributed by atoms with van der Waals surface area (Å²) in [5.41, 5.74) is -1.34. The average Bonchev–Trinajstić information content (AvgIpc) is 3.44. The van der Waals surface area contributed by atoms with Crippen molar-refractivity contribution in [3.05, 3.63) is 70.5 Å². The van der Waals surface area contributed by atoms with E-state index >= 15 is 8.78 Å². The van der Waals surface area contributed by atoms with Gasteiger partial charge in [-0.2, -0.15) is 8.78 Å². The largest absolute Gasteiger partial charge is 0.481 e. The number of ether oxygens (including phenoxy) is 1. The minimum absolute atomic E-state index is 0.0655. The molecule has 32 heavy (non-hydrogen) atoms. The van der Waals surface area contributed by atoms with E-state index in [1.807, 2.05) is 6.92 Å². The van der Waals surface area contributed by atoms with E-state index in [1.165, 1.54) is 24.3 Å². The molecule has 3 rings (SSSR count). The van der Waals surface area contributed by atoms with Crippen LogP contribution < -0.4 is 5.32 Å². The Morgan fingerprint density at radius 1 is 1.28 bits per heavy atom. The number of carboxylic acids is 1. The van der Waals surface area contributed by atoms with Gasteiger partial charge in [-0.05, 0) is 30.7 Å². The molecule has 172 valence electrons. The van der Waals surface area contributed by atoms with Crippen molar-refractivity contribution in [2.45, 2.75) is 48.9 Å². The summed E-state index contributed by atoms with van der Waals surface area (Å²) in [4.78, 5) is 24.2. The van der Waals surface area contributed by atoms with Crippen LogP contribution in [0.4, 0.5) is 18.0 Å². The van der Waals surface area contributed by atoms with Crippen LogP contribution in [0.15, 0.2) is 48.5 Å². The third-order valence-corrected chi connectivity index (χ3v) is 8.58. The SMILES string of the molecule is CCCC[C@@]1(C(=O)O)[SiH2]C1NC(=O)OC(c1cccc(F)c1)C(F)(F)c1cccc(Cl)c1. The standard InChI is InChI=1S/C22H23ClF3NO4Si/c1-2-3-10-21(19(28)29)18(32-21)27-20(30)31-17(13-6-4-9-16(24)11-13)22(25,26)14-7-5-8-15(23)12-14/h4-9,11-12,17-18H,2-3,10,32H2,1H3,(H,27,30)(H,28,29)/t17?,18?,21-/m1/s1. The fourth-order valence-corrected chi connectivity index (χ4v) is 5.94. The number of benzene rings is 2. The highest BCUT2D eigenvalue weighted by Crippen LogP contribution is 2.50. The number of carboxylic acid groups (broad SMARTS) is 1. The lowest BCUT2D eigenvalue weighted by Gasteiger charge is -2.28. The quantitative estimate of drug-likeness (QED) is 0.491. The van der Waals surface area contributed by atoms with Crippen LogP contribution in [0.25, 0.3) is 0 Å². The maximum absolute atomic E-state index is 15.4. The predicted molar refractivity (Wildman–Crippen MR) is 116 cm³/mol. The van der Waals surface area contributed by atoms with Crippen LogP contribution in [0.5, 0.6) is 0 Å². The zero-order valence-corrected chi connectivity index (χ0v) is 19.5. The number of carbonyl (C=O) groups excluding carboxylic acids is 1. The summed E-state index contributed by atoms with van der Waals surface area (Å²) in [5.74, 6) is -5.49. The van der Waals surface area contributed by atoms with E-state index in [9.17, 15) is 19.1 Å². The van der Waals surface area contributed by atoms with Crippen LogP contribution in [0.2, 0.25) is 10.1 Å². The van der Waals surface area contributed by atoms with Gasteiger partial charge < -0.3 is 15.2 Å². The lowest BCUT2D eigenvalue weighted by molar-refractivity contribution is -0.139. The number of halogens is 4. The molecule has 0 aromatic heterocycles. The molecule has 2 N–H and O–H groups in total. The number of hydrogen-bond donors (Lipinski definition) is 2. The van der Waals surface area contributed by atoms with E-state index in [0.29, 0.717) is 12.8 Å². The van der Waals surface area contributed by atoms with Gasteiger partial charge in [0.1, 0.15) is 5.82 Å². The highest BCUT2D eigenvalue weighted by Gasteiger charge is 2.61. The fraction of sp³-hybridized carbons (Fsp3) is 0.364. The first-order chi connectivity index (χ1) is 15.1. The normalized spacial score (nSPS) is 21.7. The van der Waals surface area contributed by atoms with Gasteiger partial charge in [0, 0.05) is 21.8 Å². The molecule has 2 aromatic carbocycles. The number of aliphatic carboxylic acids is 1. The summed E-state index contributed by atoms with van der Waals surface area (Å²) in [6.45, 7) is 1.93. The molecule has 1 aliphatic rings. The highest BCUT2D eigenvalue weighted by molar-refractivity contribution is 6.64. The third-order valence-electron chi connectivity index (χ3n) is 5.68. The number of amides is 1. The monoisotopic (exact) mass is 485 g/mol. The molecule has 0 saturated carbocycles. The highest BCUT2D eigenvalue weighted by atomic mass is 35.5. The third kappa shape index (κ3) is 5.10. The Morgan fingerprint density at radius 3 is 2.62 bits per heavy atom. The first-order valence-corrected chi connectivity index (χ1v) is 12.1. The molecular weight excluding hydrogens is 463 g/mol. The molecule has 0 radical (unpaired) electrons. The van der Waals surface area contributed by atoms with Gasteiger partial charge >= 0.3 is 18.0 Å². The Bertz CT molecular complexity index is 1010. The molecule has 1 amide bonds. The van der Waals surface area contributed by atoms with Crippen LogP contribution in [0.3, 0.4) is 0 Å². The summed E-state index contributed by atoms with van der Waals surface area (Å²) in [6.07, 6.45) is -1.41. The van der Waals surface area contributed by atoms with Crippen molar-refractivity contribution in [1.29, 1.82) is 0 Å². The minimum atomic E-state index is -3.73. The van der Waals surface area contributed by atoms with Crippen molar-refractivity contribution in [2.75, 3.05) is 0 Å². The van der Waals surface area contributed by atoms with Crippen LogP contribution >= 0.6 is 11.6 Å². The number of nitrogens with one attached hydrogen (secondary N) is 1. The smallest absolute Gasteiger partial charge is 0.407 e. The van der Waals surface area contributed by atoms with Crippen LogP contribution in [-0.4, -0.2) is 32.4 Å². The molecule has 1 fully saturated rings. The number of alkyl carbamates (subject to hydrolysis) is 1. The van der Waals surface area contributed by atoms with E-state index in [4.69, 9.17) is 16.3 Å². The Morgan fingerprint density at radius 2 is 2.00 bits per heavy atom. The lowest BCUT2D eigenvalue weighted by atomic mass is 9.97. The molecule has 2 unspecified atom stereocenters. The van der Waals surface area contributed by atoms with Crippen LogP contribution in [-0.2, 0) is 15.5 Å². The van der Waals surface area contributed by atoms with E-state index in [-0.39, 0.29) is 10.6 Å². The molecule has 1 heterocycles. The number of rotatable bonds is 9. The molecule has 10 heteroatoms. The summed E-state index contributed by atoms with van der Waals surface area (Å²) < 4.78 is 49.7. The first kappa shape index (κ1) is 24.1. The van der Waals surface area contributed by atoms with Crippen LogP contribution in [0.1, 0.15) is 43.4 Å².